The van der Waals surface area contributed by atoms with Crippen molar-refractivity contribution in [3.05, 3.63) is 45.3 Å². The minimum Gasteiger partial charge on any atom is -0.478 e. The van der Waals surface area contributed by atoms with Gasteiger partial charge in [-0.1, -0.05) is 11.6 Å². The lowest BCUT2D eigenvalue weighted by Crippen LogP contribution is -2.42. The third kappa shape index (κ3) is 3.84. The summed E-state index contributed by atoms with van der Waals surface area (Å²) < 4.78 is 5.75. The van der Waals surface area contributed by atoms with Crippen LogP contribution in [-0.2, 0) is 4.79 Å². The quantitative estimate of drug-likeness (QED) is 0.872. The lowest BCUT2D eigenvalue weighted by molar-refractivity contribution is -0.128. The molecule has 0 unspecified atom stereocenters. The van der Waals surface area contributed by atoms with Gasteiger partial charge in [-0.15, -0.1) is 11.3 Å². The molecule has 1 heterocycles. The van der Waals surface area contributed by atoms with Crippen LogP contribution in [0.2, 0.25) is 5.02 Å². The number of benzene rings is 1. The molecule has 2 aromatic rings. The second kappa shape index (κ2) is 6.61. The highest BCUT2D eigenvalue weighted by molar-refractivity contribution is 7.16. The minimum atomic E-state index is -1.09. The molecule has 1 aromatic heterocycles. The molecule has 1 N–H and O–H groups in total. The summed E-state index contributed by atoms with van der Waals surface area (Å²) in [7, 11) is 0. The number of ether oxygens (including phenoxy) is 1. The Morgan fingerprint density at radius 3 is 2.48 bits per heavy atom. The fourth-order valence-electron chi connectivity index (χ4n) is 1.95. The molecular weight excluding hydrogens is 332 g/mol. The molecular formula is C17H17ClN2O2S. The summed E-state index contributed by atoms with van der Waals surface area (Å²) in [5, 5.41) is 13.2. The van der Waals surface area contributed by atoms with Crippen LogP contribution in [-0.4, -0.2) is 11.5 Å². The summed E-state index contributed by atoms with van der Waals surface area (Å²) >= 11 is 7.23. The van der Waals surface area contributed by atoms with Gasteiger partial charge >= 0.3 is 0 Å². The third-order valence-electron chi connectivity index (χ3n) is 3.46. The van der Waals surface area contributed by atoms with E-state index < -0.39 is 5.60 Å². The normalized spacial score (nSPS) is 11.0. The van der Waals surface area contributed by atoms with E-state index in [1.807, 2.05) is 13.8 Å². The van der Waals surface area contributed by atoms with Crippen molar-refractivity contribution >= 4 is 33.8 Å². The van der Waals surface area contributed by atoms with Gasteiger partial charge in [0.1, 0.15) is 16.8 Å². The van der Waals surface area contributed by atoms with Crippen molar-refractivity contribution in [2.45, 2.75) is 33.3 Å². The number of halogens is 1. The van der Waals surface area contributed by atoms with Gasteiger partial charge in [0.25, 0.3) is 5.91 Å². The second-order valence-electron chi connectivity index (χ2n) is 5.62. The van der Waals surface area contributed by atoms with Crippen molar-refractivity contribution in [1.82, 2.24) is 0 Å². The van der Waals surface area contributed by atoms with E-state index in [9.17, 15) is 10.1 Å². The van der Waals surface area contributed by atoms with Gasteiger partial charge in [0.15, 0.2) is 5.60 Å². The molecule has 0 aliphatic carbocycles. The highest BCUT2D eigenvalue weighted by atomic mass is 35.5. The predicted molar refractivity (Wildman–Crippen MR) is 93.3 cm³/mol. The zero-order valence-corrected chi connectivity index (χ0v) is 14.9. The highest BCUT2D eigenvalue weighted by Crippen LogP contribution is 2.32. The van der Waals surface area contributed by atoms with Crippen molar-refractivity contribution < 1.29 is 9.53 Å². The Kier molecular flexibility index (Phi) is 4.98. The molecule has 0 aliphatic heterocycles. The molecule has 0 saturated heterocycles. The van der Waals surface area contributed by atoms with Crippen LogP contribution >= 0.6 is 22.9 Å². The summed E-state index contributed by atoms with van der Waals surface area (Å²) in [6.45, 7) is 7.15. The van der Waals surface area contributed by atoms with Crippen LogP contribution in [0.1, 0.15) is 29.9 Å². The maximum Gasteiger partial charge on any atom is 0.268 e. The Morgan fingerprint density at radius 1 is 1.30 bits per heavy atom. The maximum atomic E-state index is 12.5. The number of carbonyl (C=O) groups excluding carboxylic acids is 1. The van der Waals surface area contributed by atoms with Gasteiger partial charge in [-0.05, 0) is 57.5 Å². The standard InChI is InChI=1S/C17H17ClN2O2S/c1-10-11(2)23-15(14(10)9-19)20-16(21)17(3,4)22-13-7-5-12(18)6-8-13/h5-8H,1-4H3,(H,20,21). The molecule has 0 atom stereocenters. The Morgan fingerprint density at radius 2 is 1.91 bits per heavy atom. The first kappa shape index (κ1) is 17.3. The Hall–Kier alpha value is -2.03. The Bertz CT molecular complexity index is 773. The van der Waals surface area contributed by atoms with Gasteiger partial charge in [-0.3, -0.25) is 4.79 Å². The number of anilines is 1. The molecule has 23 heavy (non-hydrogen) atoms. The monoisotopic (exact) mass is 348 g/mol. The van der Waals surface area contributed by atoms with Crippen LogP contribution < -0.4 is 10.1 Å². The number of thiophene rings is 1. The summed E-state index contributed by atoms with van der Waals surface area (Å²) in [6.07, 6.45) is 0. The van der Waals surface area contributed by atoms with Gasteiger partial charge in [0, 0.05) is 9.90 Å². The molecule has 0 radical (unpaired) electrons. The van der Waals surface area contributed by atoms with E-state index in [2.05, 4.69) is 11.4 Å². The van der Waals surface area contributed by atoms with Crippen molar-refractivity contribution in [3.8, 4) is 11.8 Å². The molecule has 2 rings (SSSR count). The average molecular weight is 349 g/mol. The van der Waals surface area contributed by atoms with Gasteiger partial charge in [-0.2, -0.15) is 5.26 Å². The predicted octanol–water partition coefficient (Wildman–Crippen LogP) is 4.69. The van der Waals surface area contributed by atoms with Gasteiger partial charge in [0.05, 0.1) is 5.56 Å². The zero-order valence-electron chi connectivity index (χ0n) is 13.4. The van der Waals surface area contributed by atoms with E-state index in [1.165, 1.54) is 11.3 Å². The van der Waals surface area contributed by atoms with Crippen LogP contribution in [0, 0.1) is 25.2 Å². The van der Waals surface area contributed by atoms with E-state index in [1.54, 1.807) is 38.1 Å². The second-order valence-corrected chi connectivity index (χ2v) is 7.28. The molecule has 0 bridgehead atoms. The van der Waals surface area contributed by atoms with Crippen molar-refractivity contribution in [1.29, 1.82) is 5.26 Å². The molecule has 120 valence electrons. The molecule has 0 saturated carbocycles. The zero-order chi connectivity index (χ0) is 17.2. The first-order valence-electron chi connectivity index (χ1n) is 7.00. The minimum absolute atomic E-state index is 0.315. The number of rotatable bonds is 4. The summed E-state index contributed by atoms with van der Waals surface area (Å²) in [4.78, 5) is 13.5. The van der Waals surface area contributed by atoms with Crippen LogP contribution in [0.25, 0.3) is 0 Å². The maximum absolute atomic E-state index is 12.5. The number of amides is 1. The highest BCUT2D eigenvalue weighted by Gasteiger charge is 2.31. The van der Waals surface area contributed by atoms with E-state index in [-0.39, 0.29) is 5.91 Å². The molecule has 0 aliphatic rings. The molecule has 4 nitrogen and oxygen atoms in total. The Balaban J connectivity index is 2.17. The topological polar surface area (TPSA) is 62.1 Å². The number of nitrogens with one attached hydrogen (secondary N) is 1. The summed E-state index contributed by atoms with van der Waals surface area (Å²) in [5.74, 6) is 0.235. The molecule has 1 aromatic carbocycles. The van der Waals surface area contributed by atoms with E-state index in [0.29, 0.717) is 21.3 Å². The molecule has 0 spiro atoms. The van der Waals surface area contributed by atoms with Crippen molar-refractivity contribution in [2.24, 2.45) is 0 Å². The van der Waals surface area contributed by atoms with Gasteiger partial charge in [0.2, 0.25) is 0 Å². The van der Waals surface area contributed by atoms with Crippen LogP contribution in [0.3, 0.4) is 0 Å². The van der Waals surface area contributed by atoms with E-state index in [0.717, 1.165) is 10.4 Å². The van der Waals surface area contributed by atoms with Crippen LogP contribution in [0.4, 0.5) is 5.00 Å². The van der Waals surface area contributed by atoms with E-state index >= 15 is 0 Å². The molecule has 0 fully saturated rings. The number of nitrogens with zero attached hydrogens (tertiary/aromatic N) is 1. The fourth-order valence-corrected chi connectivity index (χ4v) is 3.08. The lowest BCUT2D eigenvalue weighted by atomic mass is 10.1. The van der Waals surface area contributed by atoms with Gasteiger partial charge < -0.3 is 10.1 Å². The average Bonchev–Trinajstić information content (AvgIpc) is 2.75. The summed E-state index contributed by atoms with van der Waals surface area (Å²) in [5.41, 5.74) is 0.305. The third-order valence-corrected chi connectivity index (χ3v) is 4.83. The Labute approximate surface area is 144 Å². The number of hydrogen-bond acceptors (Lipinski definition) is 4. The number of aryl methyl sites for hydroxylation is 1. The SMILES string of the molecule is Cc1sc(NC(=O)C(C)(C)Oc2ccc(Cl)cc2)c(C#N)c1C. The lowest BCUT2D eigenvalue weighted by Gasteiger charge is -2.25. The largest absolute Gasteiger partial charge is 0.478 e. The number of hydrogen-bond donors (Lipinski definition) is 1. The summed E-state index contributed by atoms with van der Waals surface area (Å²) in [6, 6.07) is 8.95. The smallest absolute Gasteiger partial charge is 0.268 e. The van der Waals surface area contributed by atoms with Gasteiger partial charge in [-0.25, -0.2) is 0 Å². The first-order chi connectivity index (χ1) is 10.7. The van der Waals surface area contributed by atoms with Crippen LogP contribution in [0.15, 0.2) is 24.3 Å². The molecule has 6 heteroatoms. The number of carbonyl (C=O) groups is 1. The number of nitriles is 1. The van der Waals surface area contributed by atoms with E-state index in [4.69, 9.17) is 16.3 Å². The van der Waals surface area contributed by atoms with Crippen molar-refractivity contribution in [3.63, 3.8) is 0 Å². The molecule has 1 amide bonds. The van der Waals surface area contributed by atoms with Crippen molar-refractivity contribution in [2.75, 3.05) is 5.32 Å². The first-order valence-corrected chi connectivity index (χ1v) is 8.20. The fraction of sp³-hybridized carbons (Fsp3) is 0.294. The van der Waals surface area contributed by atoms with Crippen LogP contribution in [0.5, 0.6) is 5.75 Å².